The molecule has 1 heterocycles. The third-order valence-corrected chi connectivity index (χ3v) is 1.93. The molecule has 0 saturated heterocycles. The van der Waals surface area contributed by atoms with Gasteiger partial charge in [-0.15, -0.1) is 0 Å². The Bertz CT molecular complexity index is 312. The van der Waals surface area contributed by atoms with Crippen molar-refractivity contribution in [1.82, 2.24) is 10.2 Å². The topological polar surface area (TPSA) is 68.9 Å². The number of nitrogens with two attached hydrogens (primary N) is 1. The molecule has 0 unspecified atom stereocenters. The Labute approximate surface area is 83.5 Å². The average molecular weight is 193 g/mol. The fraction of sp³-hybridized carbons (Fsp3) is 0.500. The number of primary amides is 1. The summed E-state index contributed by atoms with van der Waals surface area (Å²) in [4.78, 5) is 10.6. The summed E-state index contributed by atoms with van der Waals surface area (Å²) in [6, 6.07) is 1.99. The highest BCUT2D eigenvalue weighted by molar-refractivity contribution is 5.73. The molecule has 1 aromatic rings. The van der Waals surface area contributed by atoms with Crippen LogP contribution in [0.4, 0.5) is 0 Å². The van der Waals surface area contributed by atoms with Crippen LogP contribution in [0.5, 0.6) is 0 Å². The average Bonchev–Trinajstić information content (AvgIpc) is 2.16. The smallest absolute Gasteiger partial charge is 0.217 e. The minimum Gasteiger partial charge on any atom is -0.370 e. The van der Waals surface area contributed by atoms with E-state index in [2.05, 4.69) is 17.1 Å². The van der Waals surface area contributed by atoms with E-state index in [1.165, 1.54) is 0 Å². The summed E-state index contributed by atoms with van der Waals surface area (Å²) in [5.41, 5.74) is 7.07. The van der Waals surface area contributed by atoms with Crippen LogP contribution in [0.15, 0.2) is 12.3 Å². The number of hydrogen-bond donors (Lipinski definition) is 1. The number of nitrogens with zero attached hydrogens (tertiary/aromatic N) is 2. The second-order valence-corrected chi connectivity index (χ2v) is 3.27. The molecule has 1 amide bonds. The van der Waals surface area contributed by atoms with Crippen LogP contribution in [-0.2, 0) is 17.6 Å². The van der Waals surface area contributed by atoms with Crippen LogP contribution < -0.4 is 5.73 Å². The third kappa shape index (κ3) is 3.51. The molecule has 0 aliphatic rings. The van der Waals surface area contributed by atoms with Crippen molar-refractivity contribution in [1.29, 1.82) is 0 Å². The fourth-order valence-electron chi connectivity index (χ4n) is 1.24. The second kappa shape index (κ2) is 5.32. The Morgan fingerprint density at radius 2 is 2.29 bits per heavy atom. The SMILES string of the molecule is CCCc1cc(CCC(N)=O)cnn1. The van der Waals surface area contributed by atoms with Gasteiger partial charge in [0.05, 0.1) is 11.9 Å². The van der Waals surface area contributed by atoms with Gasteiger partial charge in [-0.1, -0.05) is 13.3 Å². The van der Waals surface area contributed by atoms with E-state index in [9.17, 15) is 4.79 Å². The predicted molar refractivity (Wildman–Crippen MR) is 53.5 cm³/mol. The molecular weight excluding hydrogens is 178 g/mol. The first kappa shape index (κ1) is 10.6. The van der Waals surface area contributed by atoms with Crippen LogP contribution >= 0.6 is 0 Å². The van der Waals surface area contributed by atoms with Crippen LogP contribution in [0, 0.1) is 0 Å². The van der Waals surface area contributed by atoms with Gasteiger partial charge < -0.3 is 5.73 Å². The Hall–Kier alpha value is -1.45. The van der Waals surface area contributed by atoms with Crippen LogP contribution in [0.2, 0.25) is 0 Å². The van der Waals surface area contributed by atoms with Crippen molar-refractivity contribution in [3.8, 4) is 0 Å². The molecule has 4 heteroatoms. The lowest BCUT2D eigenvalue weighted by Crippen LogP contribution is -2.11. The van der Waals surface area contributed by atoms with Crippen molar-refractivity contribution in [2.75, 3.05) is 0 Å². The van der Waals surface area contributed by atoms with E-state index in [1.54, 1.807) is 6.20 Å². The van der Waals surface area contributed by atoms with Gasteiger partial charge in [0, 0.05) is 6.42 Å². The lowest BCUT2D eigenvalue weighted by molar-refractivity contribution is -0.117. The zero-order valence-corrected chi connectivity index (χ0v) is 8.36. The summed E-state index contributed by atoms with van der Waals surface area (Å²) in [6.07, 6.45) is 4.69. The van der Waals surface area contributed by atoms with Crippen LogP contribution in [0.1, 0.15) is 31.0 Å². The molecule has 0 aromatic carbocycles. The van der Waals surface area contributed by atoms with E-state index in [4.69, 9.17) is 5.73 Å². The summed E-state index contributed by atoms with van der Waals surface area (Å²) < 4.78 is 0. The van der Waals surface area contributed by atoms with Gasteiger partial charge in [-0.05, 0) is 24.5 Å². The zero-order valence-electron chi connectivity index (χ0n) is 8.36. The summed E-state index contributed by atoms with van der Waals surface area (Å²) in [5, 5.41) is 7.87. The maximum atomic E-state index is 10.6. The molecule has 76 valence electrons. The molecule has 0 saturated carbocycles. The quantitative estimate of drug-likeness (QED) is 0.753. The zero-order chi connectivity index (χ0) is 10.4. The molecule has 2 N–H and O–H groups in total. The number of aryl methyl sites for hydroxylation is 2. The summed E-state index contributed by atoms with van der Waals surface area (Å²) in [5.74, 6) is -0.279. The highest BCUT2D eigenvalue weighted by atomic mass is 16.1. The Morgan fingerprint density at radius 1 is 1.50 bits per heavy atom. The van der Waals surface area contributed by atoms with Crippen molar-refractivity contribution in [3.05, 3.63) is 23.5 Å². The largest absolute Gasteiger partial charge is 0.370 e. The first-order chi connectivity index (χ1) is 6.72. The Morgan fingerprint density at radius 3 is 2.93 bits per heavy atom. The van der Waals surface area contributed by atoms with Crippen LogP contribution in [-0.4, -0.2) is 16.1 Å². The molecule has 0 aliphatic heterocycles. The molecule has 1 aromatic heterocycles. The minimum absolute atomic E-state index is 0.279. The van der Waals surface area contributed by atoms with Gasteiger partial charge in [0.2, 0.25) is 5.91 Å². The number of carbonyl (C=O) groups excluding carboxylic acids is 1. The van der Waals surface area contributed by atoms with E-state index in [-0.39, 0.29) is 5.91 Å². The maximum Gasteiger partial charge on any atom is 0.217 e. The normalized spacial score (nSPS) is 10.1. The number of aromatic nitrogens is 2. The molecule has 0 spiro atoms. The monoisotopic (exact) mass is 193 g/mol. The van der Waals surface area contributed by atoms with E-state index >= 15 is 0 Å². The molecule has 0 bridgehead atoms. The van der Waals surface area contributed by atoms with E-state index in [0.29, 0.717) is 12.8 Å². The Kier molecular flexibility index (Phi) is 4.04. The predicted octanol–water partition coefficient (Wildman–Crippen LogP) is 0.847. The van der Waals surface area contributed by atoms with E-state index in [0.717, 1.165) is 24.1 Å². The van der Waals surface area contributed by atoms with Crippen molar-refractivity contribution in [2.24, 2.45) is 5.73 Å². The van der Waals surface area contributed by atoms with Gasteiger partial charge in [0.15, 0.2) is 0 Å². The number of hydrogen-bond acceptors (Lipinski definition) is 3. The first-order valence-electron chi connectivity index (χ1n) is 4.81. The summed E-state index contributed by atoms with van der Waals surface area (Å²) >= 11 is 0. The molecule has 4 nitrogen and oxygen atoms in total. The highest BCUT2D eigenvalue weighted by Gasteiger charge is 2.00. The van der Waals surface area contributed by atoms with E-state index < -0.39 is 0 Å². The van der Waals surface area contributed by atoms with Crippen molar-refractivity contribution in [3.63, 3.8) is 0 Å². The highest BCUT2D eigenvalue weighted by Crippen LogP contribution is 2.04. The fourth-order valence-corrected chi connectivity index (χ4v) is 1.24. The van der Waals surface area contributed by atoms with Gasteiger partial charge in [-0.25, -0.2) is 0 Å². The maximum absolute atomic E-state index is 10.6. The molecule has 0 aliphatic carbocycles. The summed E-state index contributed by atoms with van der Waals surface area (Å²) in [6.45, 7) is 2.10. The van der Waals surface area contributed by atoms with E-state index in [1.807, 2.05) is 6.07 Å². The number of carbonyl (C=O) groups is 1. The van der Waals surface area contributed by atoms with Gasteiger partial charge in [0.1, 0.15) is 0 Å². The Balaban J connectivity index is 2.58. The lowest BCUT2D eigenvalue weighted by atomic mass is 10.1. The molecular formula is C10H15N3O. The molecule has 0 radical (unpaired) electrons. The van der Waals surface area contributed by atoms with Crippen molar-refractivity contribution < 1.29 is 4.79 Å². The second-order valence-electron chi connectivity index (χ2n) is 3.27. The standard InChI is InChI=1S/C10H15N3O/c1-2-3-9-6-8(7-12-13-9)4-5-10(11)14/h6-7H,2-5H2,1H3,(H2,11,14). The first-order valence-corrected chi connectivity index (χ1v) is 4.81. The summed E-state index contributed by atoms with van der Waals surface area (Å²) in [7, 11) is 0. The minimum atomic E-state index is -0.279. The van der Waals surface area contributed by atoms with Crippen molar-refractivity contribution >= 4 is 5.91 Å². The van der Waals surface area contributed by atoms with Gasteiger partial charge in [-0.2, -0.15) is 10.2 Å². The number of rotatable bonds is 5. The van der Waals surface area contributed by atoms with Gasteiger partial charge in [-0.3, -0.25) is 4.79 Å². The molecule has 1 rings (SSSR count). The van der Waals surface area contributed by atoms with Crippen LogP contribution in [0.25, 0.3) is 0 Å². The van der Waals surface area contributed by atoms with Gasteiger partial charge in [0.25, 0.3) is 0 Å². The van der Waals surface area contributed by atoms with Crippen molar-refractivity contribution in [2.45, 2.75) is 32.6 Å². The number of amides is 1. The van der Waals surface area contributed by atoms with Crippen LogP contribution in [0.3, 0.4) is 0 Å². The van der Waals surface area contributed by atoms with Gasteiger partial charge >= 0.3 is 0 Å². The lowest BCUT2D eigenvalue weighted by Gasteiger charge is -2.00. The molecule has 0 fully saturated rings. The molecule has 0 atom stereocenters. The third-order valence-electron chi connectivity index (χ3n) is 1.93. The molecule has 14 heavy (non-hydrogen) atoms.